The van der Waals surface area contributed by atoms with Crippen molar-refractivity contribution in [3.05, 3.63) is 21.3 Å². The zero-order valence-electron chi connectivity index (χ0n) is 22.3. The minimum atomic E-state index is 0. The van der Waals surface area contributed by atoms with Gasteiger partial charge in [0.25, 0.3) is 0 Å². The zero-order valence-corrected chi connectivity index (χ0v) is 24.0. The fraction of sp³-hybridized carbons (Fsp3) is 0.917. The standard InChI is InChI=1S/2C11H24N2.2CHO.Ru/c2*1-7-9(3)13-10(12-8-2)11(4,5)6;2*1-2;/h2*9-10H,7-8H2,1-6H3;2*1H;/q2*-2;2*-1;+6. The molecule has 0 aromatic rings. The van der Waals surface area contributed by atoms with Crippen LogP contribution in [0.2, 0.25) is 0 Å². The molecule has 7 heteroatoms. The zero-order chi connectivity index (χ0) is 25.0. The third kappa shape index (κ3) is 25.9. The molecule has 0 heterocycles. The van der Waals surface area contributed by atoms with Gasteiger partial charge in [0.05, 0.1) is 0 Å². The maximum absolute atomic E-state index is 7.75. The summed E-state index contributed by atoms with van der Waals surface area (Å²) in [6.45, 7) is 34.2. The molecule has 0 rings (SSSR count). The first-order chi connectivity index (χ1) is 13.8. The summed E-state index contributed by atoms with van der Waals surface area (Å²) in [6.07, 6.45) is 2.53. The number of hydrogen-bond donors (Lipinski definition) is 0. The van der Waals surface area contributed by atoms with Gasteiger partial charge in [-0.25, -0.2) is 12.3 Å². The molecule has 0 aromatic heterocycles. The average Bonchev–Trinajstić information content (AvgIpc) is 2.69. The van der Waals surface area contributed by atoms with Gasteiger partial charge in [0.2, 0.25) is 0 Å². The van der Waals surface area contributed by atoms with E-state index in [0.717, 1.165) is 25.9 Å². The van der Waals surface area contributed by atoms with E-state index in [2.05, 4.69) is 118 Å². The molecule has 0 N–H and O–H groups in total. The largest absolute Gasteiger partial charge is 6.00 e. The molecule has 31 heavy (non-hydrogen) atoms. The quantitative estimate of drug-likeness (QED) is 0.169. The second-order valence-corrected chi connectivity index (χ2v) is 9.29. The molecule has 0 spiro atoms. The van der Waals surface area contributed by atoms with Gasteiger partial charge < -0.3 is 30.9 Å². The van der Waals surface area contributed by atoms with Gasteiger partial charge in [0.1, 0.15) is 0 Å². The van der Waals surface area contributed by atoms with Crippen molar-refractivity contribution in [1.29, 1.82) is 0 Å². The van der Waals surface area contributed by atoms with Crippen LogP contribution in [0.4, 0.5) is 0 Å². The summed E-state index contributed by atoms with van der Waals surface area (Å²) in [7, 11) is 0. The van der Waals surface area contributed by atoms with Crippen LogP contribution in [0.1, 0.15) is 95.9 Å². The maximum atomic E-state index is 7.75. The van der Waals surface area contributed by atoms with Crippen molar-refractivity contribution in [3.8, 4) is 0 Å². The number of carbonyl (C=O) groups excluding carboxylic acids is 2. The molecule has 4 atom stereocenters. The van der Waals surface area contributed by atoms with E-state index in [-0.39, 0.29) is 42.6 Å². The van der Waals surface area contributed by atoms with Gasteiger partial charge in [-0.3, -0.25) is 13.6 Å². The van der Waals surface area contributed by atoms with Gasteiger partial charge in [-0.05, 0) is 0 Å². The van der Waals surface area contributed by atoms with Gasteiger partial charge in [-0.1, -0.05) is 107 Å². The Hall–Kier alpha value is -0.197. The fourth-order valence-corrected chi connectivity index (χ4v) is 2.13. The molecule has 0 aromatic carbocycles. The Balaban J connectivity index is -0.000000122. The van der Waals surface area contributed by atoms with Crippen molar-refractivity contribution >= 4 is 13.6 Å². The van der Waals surface area contributed by atoms with Gasteiger partial charge in [0.15, 0.2) is 0 Å². The van der Waals surface area contributed by atoms with Crippen molar-refractivity contribution < 1.29 is 29.1 Å². The van der Waals surface area contributed by atoms with E-state index in [4.69, 9.17) is 9.59 Å². The topological polar surface area (TPSA) is 90.5 Å². The van der Waals surface area contributed by atoms with Crippen LogP contribution in [0.15, 0.2) is 0 Å². The van der Waals surface area contributed by atoms with Crippen molar-refractivity contribution in [2.45, 2.75) is 120 Å². The summed E-state index contributed by atoms with van der Waals surface area (Å²) in [5.74, 6) is 0. The van der Waals surface area contributed by atoms with Crippen molar-refractivity contribution in [2.24, 2.45) is 10.8 Å². The molecule has 0 saturated carbocycles. The molecular weight excluding hydrogens is 477 g/mol. The normalized spacial score (nSPS) is 14.6. The Bertz CT molecular complexity index is 326. The minimum absolute atomic E-state index is 0. The molecule has 0 saturated heterocycles. The second kappa shape index (κ2) is 24.4. The van der Waals surface area contributed by atoms with Crippen molar-refractivity contribution in [2.75, 3.05) is 13.1 Å². The number of nitrogens with zero attached hydrogens (tertiary/aromatic N) is 4. The Labute approximate surface area is 208 Å². The Morgan fingerprint density at radius 3 is 0.968 bits per heavy atom. The molecule has 0 fully saturated rings. The van der Waals surface area contributed by atoms with Crippen LogP contribution >= 0.6 is 0 Å². The summed E-state index contributed by atoms with van der Waals surface area (Å²) in [5.41, 5.74) is 0.332. The van der Waals surface area contributed by atoms with E-state index in [0.29, 0.717) is 12.1 Å². The van der Waals surface area contributed by atoms with E-state index >= 15 is 0 Å². The van der Waals surface area contributed by atoms with Crippen LogP contribution in [0.5, 0.6) is 0 Å². The molecule has 0 amide bonds. The van der Waals surface area contributed by atoms with Gasteiger partial charge in [-0.2, -0.15) is 13.1 Å². The van der Waals surface area contributed by atoms with Crippen LogP contribution < -0.4 is 0 Å². The maximum Gasteiger partial charge on any atom is 6.00 e. The van der Waals surface area contributed by atoms with E-state index in [1.807, 2.05) is 0 Å². The fourth-order valence-electron chi connectivity index (χ4n) is 2.13. The molecule has 0 radical (unpaired) electrons. The van der Waals surface area contributed by atoms with Crippen molar-refractivity contribution in [3.63, 3.8) is 0 Å². The first-order valence-corrected chi connectivity index (χ1v) is 11.0. The molecule has 4 unspecified atom stereocenters. The van der Waals surface area contributed by atoms with Crippen LogP contribution in [-0.4, -0.2) is 51.1 Å². The summed E-state index contributed by atoms with van der Waals surface area (Å²) in [5, 5.41) is 18.4. The molecule has 0 aliphatic carbocycles. The Morgan fingerprint density at radius 1 is 0.613 bits per heavy atom. The van der Waals surface area contributed by atoms with E-state index < -0.39 is 0 Å². The van der Waals surface area contributed by atoms with Gasteiger partial charge in [-0.15, -0.1) is 12.1 Å². The summed E-state index contributed by atoms with van der Waals surface area (Å²) >= 11 is 0. The molecule has 0 aliphatic heterocycles. The monoisotopic (exact) mass is 528 g/mol. The van der Waals surface area contributed by atoms with E-state index in [1.54, 1.807) is 0 Å². The van der Waals surface area contributed by atoms with Crippen LogP contribution in [0, 0.1) is 10.8 Å². The summed E-state index contributed by atoms with van der Waals surface area (Å²) < 4.78 is 0. The first-order valence-electron chi connectivity index (χ1n) is 11.0. The van der Waals surface area contributed by atoms with Gasteiger partial charge in [0, 0.05) is 0 Å². The smallest absolute Gasteiger partial charge is 0.678 e. The van der Waals surface area contributed by atoms with E-state index in [1.165, 1.54) is 0 Å². The number of hydrogen-bond acceptors (Lipinski definition) is 2. The Kier molecular flexibility index (Phi) is 32.4. The Morgan fingerprint density at radius 2 is 0.839 bits per heavy atom. The molecular formula is C24H50N4O2Ru. The average molecular weight is 528 g/mol. The SMILES string of the molecule is CC[N-]C([N-]C(C)CC)C(C)(C)C.CC[N-]C([N-]C(C)CC)C(C)(C)C.[CH-]=O.[CH-]=O.[Ru+6]. The van der Waals surface area contributed by atoms with Gasteiger partial charge >= 0.3 is 19.5 Å². The number of rotatable bonds is 10. The predicted molar refractivity (Wildman–Crippen MR) is 134 cm³/mol. The third-order valence-electron chi connectivity index (χ3n) is 4.23. The molecule has 0 bridgehead atoms. The van der Waals surface area contributed by atoms with Crippen LogP contribution in [0.25, 0.3) is 21.3 Å². The minimum Gasteiger partial charge on any atom is -0.678 e. The summed E-state index contributed by atoms with van der Waals surface area (Å²) in [6, 6.07) is 0.860. The van der Waals surface area contributed by atoms with Crippen molar-refractivity contribution in [1.82, 2.24) is 0 Å². The molecule has 186 valence electrons. The molecule has 0 aliphatic rings. The molecule has 6 nitrogen and oxygen atoms in total. The summed E-state index contributed by atoms with van der Waals surface area (Å²) in [4.78, 5) is 15.5. The van der Waals surface area contributed by atoms with Crippen LogP contribution in [0.3, 0.4) is 0 Å². The van der Waals surface area contributed by atoms with Crippen LogP contribution in [-0.2, 0) is 29.1 Å². The third-order valence-corrected chi connectivity index (χ3v) is 4.23. The first kappa shape index (κ1) is 41.1. The van der Waals surface area contributed by atoms with E-state index in [9.17, 15) is 0 Å². The predicted octanol–water partition coefficient (Wildman–Crippen LogP) is 7.30. The second-order valence-electron chi connectivity index (χ2n) is 9.29.